The van der Waals surface area contributed by atoms with Crippen LogP contribution in [0.15, 0.2) is 12.3 Å². The molecule has 2 aliphatic carbocycles. The number of nitrogens with zero attached hydrogens (tertiary/aromatic N) is 4. The highest BCUT2D eigenvalue weighted by atomic mass is 16.2. The fourth-order valence-electron chi connectivity index (χ4n) is 5.05. The summed E-state index contributed by atoms with van der Waals surface area (Å²) in [5.74, 6) is 2.44. The Labute approximate surface area is 153 Å². The summed E-state index contributed by atoms with van der Waals surface area (Å²) in [7, 11) is 0. The van der Waals surface area contributed by atoms with Gasteiger partial charge in [0.05, 0.1) is 5.69 Å². The lowest BCUT2D eigenvalue weighted by atomic mass is 9.85. The van der Waals surface area contributed by atoms with Crippen LogP contribution in [0.4, 0.5) is 5.69 Å². The van der Waals surface area contributed by atoms with Crippen molar-refractivity contribution in [3.8, 4) is 0 Å². The zero-order valence-corrected chi connectivity index (χ0v) is 15.0. The summed E-state index contributed by atoms with van der Waals surface area (Å²) in [5, 5.41) is 0. The summed E-state index contributed by atoms with van der Waals surface area (Å²) < 4.78 is 0. The minimum atomic E-state index is 0.329. The number of fused-ring (bicyclic) bond motifs is 3. The van der Waals surface area contributed by atoms with Gasteiger partial charge in [0.25, 0.3) is 0 Å². The number of carbonyl (C=O) groups is 1. The first-order valence-electron chi connectivity index (χ1n) is 10.2. The van der Waals surface area contributed by atoms with E-state index < -0.39 is 0 Å². The van der Waals surface area contributed by atoms with Gasteiger partial charge in [-0.25, -0.2) is 9.97 Å². The third-order valence-corrected chi connectivity index (χ3v) is 6.88. The molecule has 136 valence electrons. The number of carbonyl (C=O) groups excluding carboxylic acids is 1. The number of imidazole rings is 1. The Morgan fingerprint density at radius 3 is 2.50 bits per heavy atom. The fraction of sp³-hybridized carbons (Fsp3) is 0.650. The maximum Gasteiger partial charge on any atom is 0.226 e. The maximum atomic E-state index is 12.7. The van der Waals surface area contributed by atoms with Gasteiger partial charge in [-0.2, -0.15) is 0 Å². The standard InChI is InChI=1S/C20H25N5O/c26-20(13-4-5-13)25-14-6-7-15(25)11-24(10-14)16-8-9-21-19-17(16)22-18(23-19)12-2-1-3-12/h8-9,12-15H,1-7,10-11H2,(H,21,22,23). The Morgan fingerprint density at radius 1 is 1.08 bits per heavy atom. The van der Waals surface area contributed by atoms with Gasteiger partial charge in [0.15, 0.2) is 5.65 Å². The molecule has 6 rings (SSSR count). The van der Waals surface area contributed by atoms with Crippen LogP contribution < -0.4 is 4.90 Å². The molecule has 2 aromatic rings. The smallest absolute Gasteiger partial charge is 0.226 e. The van der Waals surface area contributed by atoms with Crippen molar-refractivity contribution in [2.75, 3.05) is 18.0 Å². The van der Waals surface area contributed by atoms with Crippen LogP contribution in [0, 0.1) is 5.92 Å². The third kappa shape index (κ3) is 2.20. The van der Waals surface area contributed by atoms with Gasteiger partial charge in [-0.15, -0.1) is 0 Å². The Balaban J connectivity index is 1.31. The number of pyridine rings is 1. The van der Waals surface area contributed by atoms with Gasteiger partial charge in [0, 0.05) is 43.2 Å². The van der Waals surface area contributed by atoms with Crippen LogP contribution in [0.5, 0.6) is 0 Å². The highest BCUT2D eigenvalue weighted by molar-refractivity contribution is 5.87. The predicted molar refractivity (Wildman–Crippen MR) is 99.1 cm³/mol. The molecule has 6 heteroatoms. The lowest BCUT2D eigenvalue weighted by molar-refractivity contribution is -0.135. The molecule has 1 amide bonds. The molecule has 2 unspecified atom stereocenters. The van der Waals surface area contributed by atoms with Crippen LogP contribution in [-0.4, -0.2) is 50.9 Å². The first-order valence-corrected chi connectivity index (χ1v) is 10.2. The number of aromatic nitrogens is 3. The van der Waals surface area contributed by atoms with Gasteiger partial charge in [-0.1, -0.05) is 6.42 Å². The average Bonchev–Trinajstić information content (AvgIpc) is 3.31. The van der Waals surface area contributed by atoms with Crippen molar-refractivity contribution in [3.05, 3.63) is 18.1 Å². The molecule has 26 heavy (non-hydrogen) atoms. The monoisotopic (exact) mass is 351 g/mol. The normalized spacial score (nSPS) is 28.6. The van der Waals surface area contributed by atoms with Gasteiger partial charge < -0.3 is 14.8 Å². The van der Waals surface area contributed by atoms with Crippen molar-refractivity contribution in [2.45, 2.75) is 62.9 Å². The Bertz CT molecular complexity index is 854. The summed E-state index contributed by atoms with van der Waals surface area (Å²) in [4.78, 5) is 30.2. The van der Waals surface area contributed by atoms with E-state index in [0.29, 0.717) is 29.8 Å². The van der Waals surface area contributed by atoms with E-state index in [1.165, 1.54) is 24.9 Å². The average molecular weight is 351 g/mol. The van der Waals surface area contributed by atoms with Gasteiger partial charge in [0.1, 0.15) is 11.3 Å². The van der Waals surface area contributed by atoms with Crippen LogP contribution >= 0.6 is 0 Å². The van der Waals surface area contributed by atoms with Crippen molar-refractivity contribution < 1.29 is 4.79 Å². The number of aromatic amines is 1. The quantitative estimate of drug-likeness (QED) is 0.923. The van der Waals surface area contributed by atoms with Crippen molar-refractivity contribution in [3.63, 3.8) is 0 Å². The second-order valence-electron chi connectivity index (χ2n) is 8.59. The number of rotatable bonds is 3. The zero-order valence-electron chi connectivity index (χ0n) is 15.0. The van der Waals surface area contributed by atoms with E-state index in [2.05, 4.69) is 25.8 Å². The molecule has 2 bridgehead atoms. The molecule has 0 aromatic carbocycles. The van der Waals surface area contributed by atoms with Crippen LogP contribution in [-0.2, 0) is 4.79 Å². The molecule has 2 aliphatic heterocycles. The number of hydrogen-bond donors (Lipinski definition) is 1. The first kappa shape index (κ1) is 15.0. The maximum absolute atomic E-state index is 12.7. The highest BCUT2D eigenvalue weighted by Gasteiger charge is 2.46. The number of nitrogens with one attached hydrogen (secondary N) is 1. The SMILES string of the molecule is O=C(C1CC1)N1C2CCC1CN(c1ccnc3nc(C4CCC4)[nH]c13)C2. The summed E-state index contributed by atoms with van der Waals surface area (Å²) in [5.41, 5.74) is 3.13. The van der Waals surface area contributed by atoms with E-state index in [-0.39, 0.29) is 0 Å². The molecule has 4 aliphatic rings. The molecular formula is C20H25N5O. The number of anilines is 1. The number of hydrogen-bond acceptors (Lipinski definition) is 4. The van der Waals surface area contributed by atoms with Crippen LogP contribution in [0.1, 0.15) is 56.7 Å². The van der Waals surface area contributed by atoms with Gasteiger partial charge in [-0.3, -0.25) is 4.79 Å². The van der Waals surface area contributed by atoms with Gasteiger partial charge >= 0.3 is 0 Å². The van der Waals surface area contributed by atoms with E-state index in [1.54, 1.807) is 0 Å². The minimum Gasteiger partial charge on any atom is -0.366 e. The predicted octanol–water partition coefficient (Wildman–Crippen LogP) is 2.82. The molecule has 0 spiro atoms. The summed E-state index contributed by atoms with van der Waals surface area (Å²) in [6.45, 7) is 1.87. The number of amides is 1. The lowest BCUT2D eigenvalue weighted by Gasteiger charge is -2.42. The van der Waals surface area contributed by atoms with E-state index in [4.69, 9.17) is 4.98 Å². The topological polar surface area (TPSA) is 65.1 Å². The van der Waals surface area contributed by atoms with Crippen molar-refractivity contribution >= 4 is 22.8 Å². The first-order chi connectivity index (χ1) is 12.8. The van der Waals surface area contributed by atoms with E-state index in [1.807, 2.05) is 6.20 Å². The van der Waals surface area contributed by atoms with Crippen molar-refractivity contribution in [2.24, 2.45) is 5.92 Å². The van der Waals surface area contributed by atoms with E-state index in [9.17, 15) is 4.79 Å². The molecule has 4 fully saturated rings. The lowest BCUT2D eigenvalue weighted by Crippen LogP contribution is -2.56. The molecule has 2 atom stereocenters. The zero-order chi connectivity index (χ0) is 17.3. The van der Waals surface area contributed by atoms with Gasteiger partial charge in [0.2, 0.25) is 5.91 Å². The fourth-order valence-corrected chi connectivity index (χ4v) is 5.05. The Hall–Kier alpha value is -2.11. The molecule has 6 nitrogen and oxygen atoms in total. The van der Waals surface area contributed by atoms with Gasteiger partial charge in [-0.05, 0) is 44.6 Å². The largest absolute Gasteiger partial charge is 0.366 e. The summed E-state index contributed by atoms with van der Waals surface area (Å²) >= 11 is 0. The van der Waals surface area contributed by atoms with E-state index >= 15 is 0 Å². The highest BCUT2D eigenvalue weighted by Crippen LogP contribution is 2.40. The second kappa shape index (κ2) is 5.44. The van der Waals surface area contributed by atoms with E-state index in [0.717, 1.165) is 55.8 Å². The summed E-state index contributed by atoms with van der Waals surface area (Å²) in [6, 6.07) is 2.86. The second-order valence-corrected chi connectivity index (χ2v) is 8.59. The third-order valence-electron chi connectivity index (χ3n) is 6.88. The number of H-pyrrole nitrogens is 1. The molecule has 4 heterocycles. The molecule has 2 saturated carbocycles. The van der Waals surface area contributed by atoms with Crippen LogP contribution in [0.3, 0.4) is 0 Å². The minimum absolute atomic E-state index is 0.329. The van der Waals surface area contributed by atoms with Crippen LogP contribution in [0.25, 0.3) is 11.2 Å². The molecule has 2 saturated heterocycles. The van der Waals surface area contributed by atoms with Crippen molar-refractivity contribution in [1.82, 2.24) is 19.9 Å². The Kier molecular flexibility index (Phi) is 3.14. The summed E-state index contributed by atoms with van der Waals surface area (Å²) in [6.07, 6.45) is 10.1. The van der Waals surface area contributed by atoms with Crippen LogP contribution in [0.2, 0.25) is 0 Å². The Morgan fingerprint density at radius 2 is 1.85 bits per heavy atom. The molecular weight excluding hydrogens is 326 g/mol. The molecule has 2 aromatic heterocycles. The van der Waals surface area contributed by atoms with Crippen molar-refractivity contribution in [1.29, 1.82) is 0 Å². The molecule has 0 radical (unpaired) electrons. The molecule has 1 N–H and O–H groups in total. The number of piperazine rings is 1.